The van der Waals surface area contributed by atoms with E-state index in [1.54, 1.807) is 0 Å². The van der Waals surface area contributed by atoms with Crippen LogP contribution in [0.15, 0.2) is 0 Å². The fourth-order valence-electron chi connectivity index (χ4n) is 1.40. The van der Waals surface area contributed by atoms with Gasteiger partial charge in [0.2, 0.25) is 0 Å². The molecular formula is C7H11FO4. The van der Waals surface area contributed by atoms with Crippen molar-refractivity contribution in [2.45, 2.75) is 31.2 Å². The maximum atomic E-state index is 12.8. The molecule has 1 saturated carbocycles. The average Bonchev–Trinajstić information content (AvgIpc) is 2.00. The lowest BCUT2D eigenvalue weighted by atomic mass is 9.83. The molecule has 0 heterocycles. The summed E-state index contributed by atoms with van der Waals surface area (Å²) in [6, 6.07) is 0. The maximum Gasteiger partial charge on any atom is 0.309 e. The van der Waals surface area contributed by atoms with Crippen LogP contribution in [0.1, 0.15) is 12.8 Å². The molecule has 0 aromatic rings. The highest BCUT2D eigenvalue weighted by atomic mass is 19.1. The highest BCUT2D eigenvalue weighted by Crippen LogP contribution is 2.27. The number of aliphatic carboxylic acids is 1. The molecule has 0 radical (unpaired) electrons. The molecule has 0 saturated heterocycles. The minimum Gasteiger partial charge on any atom is -0.481 e. The lowest BCUT2D eigenvalue weighted by Gasteiger charge is -2.31. The molecule has 0 spiro atoms. The molecule has 0 aliphatic heterocycles. The molecular weight excluding hydrogens is 167 g/mol. The van der Waals surface area contributed by atoms with Crippen molar-refractivity contribution in [3.63, 3.8) is 0 Å². The van der Waals surface area contributed by atoms with Gasteiger partial charge in [0.15, 0.2) is 6.17 Å². The number of carboxylic acid groups (broad SMARTS) is 1. The number of aliphatic hydroxyl groups excluding tert-OH is 2. The van der Waals surface area contributed by atoms with Crippen LogP contribution in [0.5, 0.6) is 0 Å². The highest BCUT2D eigenvalue weighted by Gasteiger charge is 2.41. The fourth-order valence-corrected chi connectivity index (χ4v) is 1.40. The fraction of sp³-hybridized carbons (Fsp3) is 0.857. The van der Waals surface area contributed by atoms with Crippen molar-refractivity contribution < 1.29 is 24.5 Å². The van der Waals surface area contributed by atoms with Crippen LogP contribution in [-0.4, -0.2) is 39.7 Å². The summed E-state index contributed by atoms with van der Waals surface area (Å²) in [5.74, 6) is -2.29. The zero-order valence-corrected chi connectivity index (χ0v) is 6.35. The molecule has 12 heavy (non-hydrogen) atoms. The van der Waals surface area contributed by atoms with Crippen LogP contribution >= 0.6 is 0 Å². The number of carbonyl (C=O) groups is 1. The van der Waals surface area contributed by atoms with Gasteiger partial charge in [-0.1, -0.05) is 0 Å². The van der Waals surface area contributed by atoms with Gasteiger partial charge in [-0.2, -0.15) is 0 Å². The maximum absolute atomic E-state index is 12.8. The molecule has 0 bridgehead atoms. The summed E-state index contributed by atoms with van der Waals surface area (Å²) in [6.07, 6.45) is -4.42. The molecule has 5 heteroatoms. The Bertz CT molecular complexity index is 184. The van der Waals surface area contributed by atoms with Gasteiger partial charge in [-0.15, -0.1) is 0 Å². The molecule has 1 rings (SSSR count). The number of alkyl halides is 1. The number of hydrogen-bond acceptors (Lipinski definition) is 3. The molecule has 3 N–H and O–H groups in total. The van der Waals surface area contributed by atoms with Crippen molar-refractivity contribution in [1.82, 2.24) is 0 Å². The number of hydrogen-bond donors (Lipinski definition) is 3. The van der Waals surface area contributed by atoms with E-state index in [4.69, 9.17) is 15.3 Å². The van der Waals surface area contributed by atoms with E-state index in [-0.39, 0.29) is 12.8 Å². The van der Waals surface area contributed by atoms with Crippen molar-refractivity contribution in [2.75, 3.05) is 0 Å². The highest BCUT2D eigenvalue weighted by molar-refractivity contribution is 5.71. The van der Waals surface area contributed by atoms with Gasteiger partial charge in [0.05, 0.1) is 12.0 Å². The Hall–Kier alpha value is -0.680. The molecule has 0 amide bonds. The smallest absolute Gasteiger partial charge is 0.309 e. The van der Waals surface area contributed by atoms with E-state index in [0.29, 0.717) is 0 Å². The van der Waals surface area contributed by atoms with Crippen LogP contribution in [0.25, 0.3) is 0 Å². The third-order valence-corrected chi connectivity index (χ3v) is 2.20. The quantitative estimate of drug-likeness (QED) is 0.507. The van der Waals surface area contributed by atoms with Gasteiger partial charge in [-0.05, 0) is 12.8 Å². The van der Waals surface area contributed by atoms with Crippen molar-refractivity contribution in [2.24, 2.45) is 5.92 Å². The number of carboxylic acids is 1. The summed E-state index contributed by atoms with van der Waals surface area (Å²) in [4.78, 5) is 10.4. The first-order chi connectivity index (χ1) is 5.54. The minimum absolute atomic E-state index is 0.0925. The first-order valence-electron chi connectivity index (χ1n) is 3.77. The first-order valence-corrected chi connectivity index (χ1v) is 3.77. The van der Waals surface area contributed by atoms with Crippen LogP contribution in [0.2, 0.25) is 0 Å². The summed E-state index contributed by atoms with van der Waals surface area (Å²) >= 11 is 0. The molecule has 0 unspecified atom stereocenters. The number of halogens is 1. The molecule has 0 aromatic carbocycles. The van der Waals surface area contributed by atoms with Crippen LogP contribution in [0.3, 0.4) is 0 Å². The SMILES string of the molecule is O=C(O)[C@H]1CC[C@H](O)[C@H](F)[C@@H]1O. The third-order valence-electron chi connectivity index (χ3n) is 2.20. The van der Waals surface area contributed by atoms with Crippen LogP contribution < -0.4 is 0 Å². The zero-order valence-electron chi connectivity index (χ0n) is 6.35. The van der Waals surface area contributed by atoms with Crippen LogP contribution in [0.4, 0.5) is 4.39 Å². The summed E-state index contributed by atoms with van der Waals surface area (Å²) in [5.41, 5.74) is 0. The minimum atomic E-state index is -1.83. The second-order valence-electron chi connectivity index (χ2n) is 3.02. The van der Waals surface area contributed by atoms with Gasteiger partial charge in [0, 0.05) is 0 Å². The summed E-state index contributed by atoms with van der Waals surface area (Å²) in [5, 5.41) is 26.5. The Morgan fingerprint density at radius 3 is 2.42 bits per heavy atom. The molecule has 1 aliphatic rings. The van der Waals surface area contributed by atoms with Gasteiger partial charge in [-0.25, -0.2) is 4.39 Å². The Balaban J connectivity index is 2.65. The lowest BCUT2D eigenvalue weighted by molar-refractivity contribution is -0.154. The largest absolute Gasteiger partial charge is 0.481 e. The van der Waals surface area contributed by atoms with Gasteiger partial charge in [0.1, 0.15) is 6.10 Å². The summed E-state index contributed by atoms with van der Waals surface area (Å²) in [7, 11) is 0. The van der Waals surface area contributed by atoms with Crippen LogP contribution in [-0.2, 0) is 4.79 Å². The number of rotatable bonds is 1. The van der Waals surface area contributed by atoms with E-state index >= 15 is 0 Å². The molecule has 70 valence electrons. The van der Waals surface area contributed by atoms with Crippen molar-refractivity contribution in [3.05, 3.63) is 0 Å². The van der Waals surface area contributed by atoms with E-state index in [1.807, 2.05) is 0 Å². The van der Waals surface area contributed by atoms with Gasteiger partial charge < -0.3 is 15.3 Å². The van der Waals surface area contributed by atoms with Crippen molar-refractivity contribution in [3.8, 4) is 0 Å². The monoisotopic (exact) mass is 178 g/mol. The predicted octanol–water partition coefficient (Wildman–Crippen LogP) is -0.459. The average molecular weight is 178 g/mol. The topological polar surface area (TPSA) is 77.8 Å². The molecule has 4 atom stereocenters. The van der Waals surface area contributed by atoms with Crippen molar-refractivity contribution in [1.29, 1.82) is 0 Å². The molecule has 0 aromatic heterocycles. The molecule has 1 aliphatic carbocycles. The second kappa shape index (κ2) is 3.37. The normalized spacial score (nSPS) is 42.6. The Morgan fingerprint density at radius 2 is 1.92 bits per heavy atom. The molecule has 1 fully saturated rings. The molecule has 4 nitrogen and oxygen atoms in total. The number of aliphatic hydroxyl groups is 2. The standard InChI is InChI=1S/C7H11FO4/c8-5-4(9)2-1-3(6(5)10)7(11)12/h3-6,9-10H,1-2H2,(H,11,12)/t3-,4-,5-,6+/m0/s1. The summed E-state index contributed by atoms with van der Waals surface area (Å²) < 4.78 is 12.8. The van der Waals surface area contributed by atoms with Gasteiger partial charge in [0.25, 0.3) is 0 Å². The third kappa shape index (κ3) is 1.56. The predicted molar refractivity (Wildman–Crippen MR) is 37.3 cm³/mol. The van der Waals surface area contributed by atoms with E-state index in [0.717, 1.165) is 0 Å². The Kier molecular flexibility index (Phi) is 2.64. The van der Waals surface area contributed by atoms with Crippen molar-refractivity contribution >= 4 is 5.97 Å². The Morgan fingerprint density at radius 1 is 1.33 bits per heavy atom. The van der Waals surface area contributed by atoms with E-state index in [1.165, 1.54) is 0 Å². The summed E-state index contributed by atoms with van der Waals surface area (Å²) in [6.45, 7) is 0. The first kappa shape index (κ1) is 9.41. The van der Waals surface area contributed by atoms with Crippen LogP contribution in [0, 0.1) is 5.92 Å². The van der Waals surface area contributed by atoms with E-state index in [9.17, 15) is 9.18 Å². The van der Waals surface area contributed by atoms with Gasteiger partial charge >= 0.3 is 5.97 Å². The van der Waals surface area contributed by atoms with Gasteiger partial charge in [-0.3, -0.25) is 4.79 Å². The second-order valence-corrected chi connectivity index (χ2v) is 3.02. The Labute approximate surface area is 68.6 Å². The lowest BCUT2D eigenvalue weighted by Crippen LogP contribution is -2.46. The zero-order chi connectivity index (χ0) is 9.30. The van der Waals surface area contributed by atoms with E-state index < -0.39 is 30.3 Å². The van der Waals surface area contributed by atoms with E-state index in [2.05, 4.69) is 0 Å².